The van der Waals surface area contributed by atoms with Gasteiger partial charge in [0.15, 0.2) is 0 Å². The first-order chi connectivity index (χ1) is 11.5. The number of pyridine rings is 1. The van der Waals surface area contributed by atoms with Gasteiger partial charge >= 0.3 is 5.97 Å². The van der Waals surface area contributed by atoms with Crippen molar-refractivity contribution in [3.05, 3.63) is 71.2 Å². The second kappa shape index (κ2) is 6.08. The molecule has 0 radical (unpaired) electrons. The van der Waals surface area contributed by atoms with Crippen LogP contribution >= 0.6 is 0 Å². The molecular formula is C18H14N2O4. The predicted octanol–water partition coefficient (Wildman–Crippen LogP) is 2.49. The second-order valence-electron chi connectivity index (χ2n) is 5.20. The lowest BCUT2D eigenvalue weighted by molar-refractivity contribution is 0.0600. The van der Waals surface area contributed by atoms with Gasteiger partial charge in [-0.15, -0.1) is 0 Å². The lowest BCUT2D eigenvalue weighted by atomic mass is 10.0. The molecule has 0 N–H and O–H groups in total. The minimum absolute atomic E-state index is 0.206. The first-order valence-corrected chi connectivity index (χ1v) is 7.24. The maximum Gasteiger partial charge on any atom is 0.337 e. The van der Waals surface area contributed by atoms with Gasteiger partial charge in [0.05, 0.1) is 18.4 Å². The van der Waals surface area contributed by atoms with Crippen LogP contribution in [0.15, 0.2) is 48.7 Å². The summed E-state index contributed by atoms with van der Waals surface area (Å²) in [5, 5.41) is 0. The van der Waals surface area contributed by atoms with Gasteiger partial charge in [-0.1, -0.05) is 18.2 Å². The number of ether oxygens (including phenoxy) is 1. The summed E-state index contributed by atoms with van der Waals surface area (Å²) in [7, 11) is 1.28. The van der Waals surface area contributed by atoms with Crippen molar-refractivity contribution in [3.63, 3.8) is 0 Å². The Morgan fingerprint density at radius 2 is 1.62 bits per heavy atom. The van der Waals surface area contributed by atoms with Crippen LogP contribution in [0.5, 0.6) is 0 Å². The molecule has 0 saturated carbocycles. The molecular weight excluding hydrogens is 308 g/mol. The van der Waals surface area contributed by atoms with Gasteiger partial charge in [-0.05, 0) is 31.2 Å². The molecule has 0 aliphatic heterocycles. The number of hydrogen-bond acceptors (Lipinski definition) is 5. The molecule has 0 aliphatic carbocycles. The molecule has 0 aliphatic rings. The second-order valence-corrected chi connectivity index (χ2v) is 5.20. The monoisotopic (exact) mass is 322 g/mol. The van der Waals surface area contributed by atoms with E-state index in [9.17, 15) is 14.4 Å². The van der Waals surface area contributed by atoms with Crippen molar-refractivity contribution in [2.75, 3.05) is 7.11 Å². The molecule has 0 atom stereocenters. The third kappa shape index (κ3) is 2.58. The van der Waals surface area contributed by atoms with E-state index >= 15 is 0 Å². The van der Waals surface area contributed by atoms with Crippen LogP contribution in [-0.4, -0.2) is 34.0 Å². The quantitative estimate of drug-likeness (QED) is 0.419. The number of benzene rings is 1. The molecule has 0 fully saturated rings. The van der Waals surface area contributed by atoms with Crippen molar-refractivity contribution in [1.82, 2.24) is 9.38 Å². The Balaban J connectivity index is 1.96. The fourth-order valence-corrected chi connectivity index (χ4v) is 2.50. The van der Waals surface area contributed by atoms with Crippen LogP contribution < -0.4 is 0 Å². The highest BCUT2D eigenvalue weighted by molar-refractivity contribution is 6.49. The first-order valence-electron chi connectivity index (χ1n) is 7.24. The first kappa shape index (κ1) is 15.6. The average molecular weight is 322 g/mol. The zero-order valence-corrected chi connectivity index (χ0v) is 13.1. The maximum absolute atomic E-state index is 12.6. The Morgan fingerprint density at radius 3 is 2.29 bits per heavy atom. The van der Waals surface area contributed by atoms with Gasteiger partial charge in [0.1, 0.15) is 11.3 Å². The molecule has 120 valence electrons. The number of aryl methyl sites for hydroxylation is 1. The van der Waals surface area contributed by atoms with E-state index in [1.165, 1.54) is 31.4 Å². The van der Waals surface area contributed by atoms with Crippen LogP contribution in [0.3, 0.4) is 0 Å². The number of fused-ring (bicyclic) bond motifs is 1. The number of nitrogens with zero attached hydrogens (tertiary/aromatic N) is 2. The number of carbonyl (C=O) groups excluding carboxylic acids is 3. The van der Waals surface area contributed by atoms with E-state index in [4.69, 9.17) is 0 Å². The Hall–Kier alpha value is -3.28. The molecule has 2 heterocycles. The Morgan fingerprint density at radius 1 is 0.958 bits per heavy atom. The topological polar surface area (TPSA) is 77.7 Å². The fourth-order valence-electron chi connectivity index (χ4n) is 2.50. The van der Waals surface area contributed by atoms with Gasteiger partial charge in [0.25, 0.3) is 5.78 Å². The van der Waals surface area contributed by atoms with Crippen molar-refractivity contribution < 1.29 is 19.1 Å². The molecule has 2 aromatic heterocycles. The van der Waals surface area contributed by atoms with E-state index < -0.39 is 17.5 Å². The van der Waals surface area contributed by atoms with Gasteiger partial charge < -0.3 is 4.74 Å². The van der Waals surface area contributed by atoms with Gasteiger partial charge in [-0.3, -0.25) is 14.0 Å². The molecule has 3 aromatic rings. The van der Waals surface area contributed by atoms with Crippen LogP contribution in [-0.2, 0) is 4.74 Å². The summed E-state index contributed by atoms with van der Waals surface area (Å²) in [5.74, 6) is -1.80. The summed E-state index contributed by atoms with van der Waals surface area (Å²) < 4.78 is 6.20. The molecule has 0 saturated heterocycles. The van der Waals surface area contributed by atoms with Crippen LogP contribution in [0.4, 0.5) is 0 Å². The highest BCUT2D eigenvalue weighted by Gasteiger charge is 2.24. The van der Waals surface area contributed by atoms with Gasteiger partial charge in [0.2, 0.25) is 5.78 Å². The lowest BCUT2D eigenvalue weighted by Crippen LogP contribution is -2.17. The largest absolute Gasteiger partial charge is 0.465 e. The SMILES string of the molecule is COC(=O)c1ccc(C(=O)C(=O)c2c(C)nc3ccccn23)cc1. The van der Waals surface area contributed by atoms with Gasteiger partial charge in [-0.25, -0.2) is 9.78 Å². The number of methoxy groups -OCH3 is 1. The zero-order chi connectivity index (χ0) is 17.3. The van der Waals surface area contributed by atoms with Gasteiger partial charge in [0, 0.05) is 11.8 Å². The summed E-state index contributed by atoms with van der Waals surface area (Å²) in [5.41, 5.74) is 1.86. The Labute approximate surface area is 137 Å². The summed E-state index contributed by atoms with van der Waals surface area (Å²) in [6.45, 7) is 1.69. The van der Waals surface area contributed by atoms with E-state index in [0.29, 0.717) is 16.9 Å². The smallest absolute Gasteiger partial charge is 0.337 e. The summed E-state index contributed by atoms with van der Waals surface area (Å²) in [4.78, 5) is 40.8. The number of aromatic nitrogens is 2. The maximum atomic E-state index is 12.6. The molecule has 0 amide bonds. The molecule has 1 aromatic carbocycles. The van der Waals surface area contributed by atoms with E-state index in [1.54, 1.807) is 29.7 Å². The van der Waals surface area contributed by atoms with Crippen LogP contribution in [0.2, 0.25) is 0 Å². The predicted molar refractivity (Wildman–Crippen MR) is 86.4 cm³/mol. The minimum atomic E-state index is -0.653. The molecule has 0 bridgehead atoms. The molecule has 0 unspecified atom stereocenters. The number of hydrogen-bond donors (Lipinski definition) is 0. The average Bonchev–Trinajstić information content (AvgIpc) is 2.95. The number of rotatable bonds is 4. The standard InChI is InChI=1S/C18H14N2O4/c1-11-15(20-10-4-3-5-14(20)19-11)17(22)16(21)12-6-8-13(9-7-12)18(23)24-2/h3-10H,1-2H3. The normalized spacial score (nSPS) is 10.6. The van der Waals surface area contributed by atoms with Crippen LogP contribution in [0, 0.1) is 6.92 Å². The Kier molecular flexibility index (Phi) is 3.95. The zero-order valence-electron chi connectivity index (χ0n) is 13.1. The number of imidazole rings is 1. The van der Waals surface area contributed by atoms with E-state index in [-0.39, 0.29) is 11.3 Å². The van der Waals surface area contributed by atoms with Gasteiger partial charge in [-0.2, -0.15) is 0 Å². The summed E-state index contributed by atoms with van der Waals surface area (Å²) in [6.07, 6.45) is 1.69. The lowest BCUT2D eigenvalue weighted by Gasteiger charge is -2.03. The minimum Gasteiger partial charge on any atom is -0.465 e. The van der Waals surface area contributed by atoms with Crippen molar-refractivity contribution in [1.29, 1.82) is 0 Å². The van der Waals surface area contributed by atoms with Crippen molar-refractivity contribution in [3.8, 4) is 0 Å². The Bertz CT molecular complexity index is 955. The fraction of sp³-hybridized carbons (Fsp3) is 0.111. The van der Waals surface area contributed by atoms with E-state index in [0.717, 1.165) is 0 Å². The molecule has 0 spiro atoms. The van der Waals surface area contributed by atoms with Crippen LogP contribution in [0.1, 0.15) is 36.9 Å². The van der Waals surface area contributed by atoms with Crippen molar-refractivity contribution in [2.24, 2.45) is 0 Å². The summed E-state index contributed by atoms with van der Waals surface area (Å²) in [6, 6.07) is 11.1. The number of ketones is 2. The number of Topliss-reactive ketones (excluding diaryl/α,β-unsaturated/α-hetero) is 2. The van der Waals surface area contributed by atoms with E-state index in [1.807, 2.05) is 6.07 Å². The van der Waals surface area contributed by atoms with Crippen molar-refractivity contribution >= 4 is 23.2 Å². The van der Waals surface area contributed by atoms with E-state index in [2.05, 4.69) is 9.72 Å². The highest BCUT2D eigenvalue weighted by atomic mass is 16.5. The van der Waals surface area contributed by atoms with Crippen LogP contribution in [0.25, 0.3) is 5.65 Å². The number of carbonyl (C=O) groups is 3. The molecule has 3 rings (SSSR count). The number of esters is 1. The highest BCUT2D eigenvalue weighted by Crippen LogP contribution is 2.15. The molecule has 6 heteroatoms. The third-order valence-electron chi connectivity index (χ3n) is 3.69. The summed E-state index contributed by atoms with van der Waals surface area (Å²) >= 11 is 0. The molecule has 24 heavy (non-hydrogen) atoms. The van der Waals surface area contributed by atoms with Crippen molar-refractivity contribution in [2.45, 2.75) is 6.92 Å². The molecule has 6 nitrogen and oxygen atoms in total. The third-order valence-corrected chi connectivity index (χ3v) is 3.69.